The number of fused-ring (bicyclic) bond motifs is 5. The van der Waals surface area contributed by atoms with Crippen molar-refractivity contribution in [3.8, 4) is 0 Å². The molecule has 9 nitrogen and oxygen atoms in total. The molecule has 0 radical (unpaired) electrons. The number of hydrogen-bond donors (Lipinski definition) is 2. The van der Waals surface area contributed by atoms with Crippen LogP contribution in [0.4, 0.5) is 0 Å². The number of aryl methyl sites for hydroxylation is 1. The van der Waals surface area contributed by atoms with E-state index in [1.54, 1.807) is 26.0 Å². The van der Waals surface area contributed by atoms with E-state index in [1.165, 1.54) is 13.8 Å². The molecule has 0 aromatic heterocycles. The summed E-state index contributed by atoms with van der Waals surface area (Å²) >= 11 is 0. The first kappa shape index (κ1) is 30.2. The van der Waals surface area contributed by atoms with Crippen LogP contribution < -0.4 is 0 Å². The number of esters is 3. The molecule has 2 saturated carbocycles. The van der Waals surface area contributed by atoms with Crippen LogP contribution in [0.3, 0.4) is 0 Å². The fraction of sp³-hybridized carbons (Fsp3) is 0.576. The third-order valence-electron chi connectivity index (χ3n) is 10.2. The Morgan fingerprint density at radius 3 is 2.31 bits per heavy atom. The van der Waals surface area contributed by atoms with E-state index in [9.17, 15) is 29.4 Å². The molecule has 1 aromatic carbocycles. The van der Waals surface area contributed by atoms with E-state index in [-0.39, 0.29) is 19.4 Å². The van der Waals surface area contributed by atoms with Crippen LogP contribution in [0.15, 0.2) is 53.6 Å². The van der Waals surface area contributed by atoms with Crippen LogP contribution in [0.25, 0.3) is 0 Å². The number of benzene rings is 1. The van der Waals surface area contributed by atoms with Gasteiger partial charge in [-0.25, -0.2) is 0 Å². The molecule has 0 heterocycles. The average Bonchev–Trinajstić information content (AvgIpc) is 3.34. The van der Waals surface area contributed by atoms with Gasteiger partial charge in [0.05, 0.1) is 5.60 Å². The van der Waals surface area contributed by atoms with Gasteiger partial charge in [0.1, 0.15) is 18.3 Å². The molecular weight excluding hydrogens is 540 g/mol. The first-order valence-electron chi connectivity index (χ1n) is 14.5. The molecule has 0 amide bonds. The van der Waals surface area contributed by atoms with Gasteiger partial charge < -0.3 is 24.4 Å². The Morgan fingerprint density at radius 1 is 1.02 bits per heavy atom. The van der Waals surface area contributed by atoms with Crippen molar-refractivity contribution in [2.75, 3.05) is 6.61 Å². The number of hydrogen-bond acceptors (Lipinski definition) is 9. The molecule has 0 saturated heterocycles. The molecular formula is C33H40O9. The van der Waals surface area contributed by atoms with Gasteiger partial charge in [-0.05, 0) is 30.1 Å². The molecule has 5 rings (SSSR count). The third-order valence-corrected chi connectivity index (χ3v) is 10.2. The van der Waals surface area contributed by atoms with E-state index in [2.05, 4.69) is 0 Å². The van der Waals surface area contributed by atoms with Crippen molar-refractivity contribution < 1.29 is 43.6 Å². The molecule has 0 spiro atoms. The van der Waals surface area contributed by atoms with Gasteiger partial charge in [0.2, 0.25) is 0 Å². The highest BCUT2D eigenvalue weighted by Gasteiger charge is 2.87. The monoisotopic (exact) mass is 580 g/mol. The third kappa shape index (κ3) is 4.35. The maximum absolute atomic E-state index is 13.4. The van der Waals surface area contributed by atoms with Crippen LogP contribution >= 0.6 is 0 Å². The van der Waals surface area contributed by atoms with E-state index >= 15 is 0 Å². The zero-order chi connectivity index (χ0) is 30.8. The molecule has 42 heavy (non-hydrogen) atoms. The summed E-state index contributed by atoms with van der Waals surface area (Å²) in [6.07, 6.45) is 2.71. The Balaban J connectivity index is 1.60. The van der Waals surface area contributed by atoms with Crippen molar-refractivity contribution in [3.63, 3.8) is 0 Å². The maximum atomic E-state index is 13.4. The molecule has 0 aliphatic heterocycles. The first-order chi connectivity index (χ1) is 19.6. The molecule has 2 N–H and O–H groups in total. The van der Waals surface area contributed by atoms with Crippen molar-refractivity contribution in [3.05, 3.63) is 59.2 Å². The topological polar surface area (TPSA) is 136 Å². The number of ketones is 1. The Labute approximate surface area is 245 Å². The van der Waals surface area contributed by atoms with Gasteiger partial charge in [-0.2, -0.15) is 0 Å². The summed E-state index contributed by atoms with van der Waals surface area (Å²) in [7, 11) is 0. The largest absolute Gasteiger partial charge is 0.461 e. The van der Waals surface area contributed by atoms with Gasteiger partial charge in [-0.3, -0.25) is 19.2 Å². The van der Waals surface area contributed by atoms with Crippen LogP contribution in [0, 0.1) is 29.1 Å². The number of carbonyl (C=O) groups is 4. The predicted octanol–water partition coefficient (Wildman–Crippen LogP) is 3.26. The molecule has 226 valence electrons. The summed E-state index contributed by atoms with van der Waals surface area (Å²) in [5.74, 6) is -5.24. The van der Waals surface area contributed by atoms with Gasteiger partial charge >= 0.3 is 17.9 Å². The molecule has 2 fully saturated rings. The normalized spacial score (nSPS) is 37.6. The van der Waals surface area contributed by atoms with Crippen molar-refractivity contribution >= 4 is 23.7 Å². The zero-order valence-electron chi connectivity index (χ0n) is 25.0. The lowest BCUT2D eigenvalue weighted by Gasteiger charge is -2.53. The summed E-state index contributed by atoms with van der Waals surface area (Å²) in [5, 5.41) is 24.8. The molecule has 0 bridgehead atoms. The second kappa shape index (κ2) is 10.2. The smallest absolute Gasteiger partial charge is 0.306 e. The summed E-state index contributed by atoms with van der Waals surface area (Å²) in [6.45, 7) is 9.53. The summed E-state index contributed by atoms with van der Waals surface area (Å²) in [5.41, 5.74) is -4.00. The van der Waals surface area contributed by atoms with Crippen molar-refractivity contribution in [2.24, 2.45) is 29.1 Å². The van der Waals surface area contributed by atoms with Gasteiger partial charge in [-0.15, -0.1) is 0 Å². The number of ether oxygens (including phenoxy) is 3. The number of rotatable bonds is 7. The molecule has 9 heteroatoms. The Hall–Kier alpha value is -3.30. The number of carbonyl (C=O) groups excluding carboxylic acids is 4. The van der Waals surface area contributed by atoms with Crippen LogP contribution in [0.2, 0.25) is 0 Å². The van der Waals surface area contributed by atoms with E-state index in [1.807, 2.05) is 44.2 Å². The highest BCUT2D eigenvalue weighted by Crippen LogP contribution is 2.77. The lowest BCUT2D eigenvalue weighted by Crippen LogP contribution is -2.66. The van der Waals surface area contributed by atoms with E-state index in [0.717, 1.165) is 5.56 Å². The van der Waals surface area contributed by atoms with E-state index in [4.69, 9.17) is 14.2 Å². The summed E-state index contributed by atoms with van der Waals surface area (Å²) in [4.78, 5) is 51.0. The lowest BCUT2D eigenvalue weighted by molar-refractivity contribution is -0.228. The van der Waals surface area contributed by atoms with Crippen molar-refractivity contribution in [2.45, 2.75) is 83.7 Å². The minimum Gasteiger partial charge on any atom is -0.461 e. The molecule has 4 aliphatic rings. The van der Waals surface area contributed by atoms with Gasteiger partial charge in [0, 0.05) is 55.8 Å². The second-order valence-corrected chi connectivity index (χ2v) is 13.0. The SMILES string of the molecule is CC(=O)OCC1=C[C@H]2[C@@H]3C(C)(C)[C@]3(OC(C)=O)[C@H](OC(=O)CCc3ccccc3)[C@@H](C)[C@]2(O)[C@@H]2C=C(C)C(=O)[C@@]2(O)C1. The minimum absolute atomic E-state index is 0.0770. The fourth-order valence-electron chi connectivity index (χ4n) is 8.34. The van der Waals surface area contributed by atoms with Crippen LogP contribution in [0.1, 0.15) is 59.9 Å². The maximum Gasteiger partial charge on any atom is 0.306 e. The first-order valence-corrected chi connectivity index (χ1v) is 14.5. The number of aliphatic hydroxyl groups is 2. The second-order valence-electron chi connectivity index (χ2n) is 13.0. The summed E-state index contributed by atoms with van der Waals surface area (Å²) in [6, 6.07) is 9.51. The highest BCUT2D eigenvalue weighted by atomic mass is 16.6. The van der Waals surface area contributed by atoms with E-state index in [0.29, 0.717) is 17.6 Å². The highest BCUT2D eigenvalue weighted by molar-refractivity contribution is 6.04. The fourth-order valence-corrected chi connectivity index (χ4v) is 8.34. The van der Waals surface area contributed by atoms with Crippen LogP contribution in [-0.2, 0) is 39.8 Å². The van der Waals surface area contributed by atoms with Crippen LogP contribution in [0.5, 0.6) is 0 Å². The van der Waals surface area contributed by atoms with Gasteiger partial charge in [-0.1, -0.05) is 63.3 Å². The Morgan fingerprint density at radius 2 is 1.69 bits per heavy atom. The number of Topliss-reactive ketones (excluding diaryl/α,β-unsaturated/α-hetero) is 1. The van der Waals surface area contributed by atoms with E-state index < -0.39 is 75.7 Å². The predicted molar refractivity (Wildman–Crippen MR) is 151 cm³/mol. The Kier molecular flexibility index (Phi) is 7.30. The van der Waals surface area contributed by atoms with Crippen LogP contribution in [-0.4, -0.2) is 63.4 Å². The lowest BCUT2D eigenvalue weighted by atomic mass is 9.59. The average molecular weight is 581 g/mol. The standard InChI is InChI=1S/C33H40O9/c1-18-14-25-31(38,28(18)37)16-23(17-40-20(3)34)15-24-27-30(5,6)33(27,42-21(4)35)29(19(2)32(24,25)39)41-26(36)13-12-22-10-8-7-9-11-22/h7-11,14-15,19,24-25,27,29,38-39H,12-13,16-17H2,1-6H3/t19-,24+,25-,27-,29-,31-,32-,33-/m1/s1. The Bertz CT molecular complexity index is 1380. The zero-order valence-corrected chi connectivity index (χ0v) is 25.0. The van der Waals surface area contributed by atoms with Crippen molar-refractivity contribution in [1.82, 2.24) is 0 Å². The minimum atomic E-state index is -1.99. The molecule has 8 atom stereocenters. The van der Waals surface area contributed by atoms with Crippen molar-refractivity contribution in [1.29, 1.82) is 0 Å². The molecule has 4 aliphatic carbocycles. The molecule has 0 unspecified atom stereocenters. The quantitative estimate of drug-likeness (QED) is 0.283. The molecule has 1 aromatic rings. The summed E-state index contributed by atoms with van der Waals surface area (Å²) < 4.78 is 17.5. The van der Waals surface area contributed by atoms with Gasteiger partial charge in [0.25, 0.3) is 0 Å². The van der Waals surface area contributed by atoms with Gasteiger partial charge in [0.15, 0.2) is 11.4 Å².